The van der Waals surface area contributed by atoms with E-state index in [2.05, 4.69) is 5.32 Å². The molecule has 1 heterocycles. The molecule has 0 unspecified atom stereocenters. The summed E-state index contributed by atoms with van der Waals surface area (Å²) in [5.74, 6) is -0.255. The lowest BCUT2D eigenvalue weighted by Crippen LogP contribution is -2.24. The molecule has 2 aromatic carbocycles. The largest absolute Gasteiger partial charge is 0.508 e. The van der Waals surface area contributed by atoms with Crippen LogP contribution < -0.4 is 16.1 Å². The third kappa shape index (κ3) is 4.82. The van der Waals surface area contributed by atoms with Gasteiger partial charge in [0.2, 0.25) is 15.9 Å². The number of fused-ring (bicyclic) bond motifs is 1. The first-order chi connectivity index (χ1) is 13.6. The average molecular weight is 416 g/mol. The van der Waals surface area contributed by atoms with Crippen LogP contribution >= 0.6 is 0 Å². The summed E-state index contributed by atoms with van der Waals surface area (Å²) < 4.78 is 27.7. The number of sulfonamides is 1. The zero-order valence-corrected chi connectivity index (χ0v) is 16.5. The van der Waals surface area contributed by atoms with E-state index < -0.39 is 15.6 Å². The number of carbonyl (C=O) groups is 1. The van der Waals surface area contributed by atoms with Crippen molar-refractivity contribution < 1.29 is 22.7 Å². The second-order valence-corrected chi connectivity index (χ2v) is 8.20. The van der Waals surface area contributed by atoms with Crippen molar-refractivity contribution in [2.75, 3.05) is 0 Å². The fraction of sp³-hybridized carbons (Fsp3) is 0.200. The molecule has 1 aromatic heterocycles. The Balaban J connectivity index is 1.64. The number of hydrogen-bond donors (Lipinski definition) is 3. The molecule has 3 aromatic rings. The van der Waals surface area contributed by atoms with Crippen molar-refractivity contribution in [3.05, 3.63) is 69.6 Å². The normalized spacial score (nSPS) is 11.5. The Morgan fingerprint density at radius 2 is 1.86 bits per heavy atom. The van der Waals surface area contributed by atoms with Gasteiger partial charge in [0.15, 0.2) is 0 Å². The maximum Gasteiger partial charge on any atom is 0.339 e. The Hall–Kier alpha value is -3.17. The molecule has 1 amide bonds. The van der Waals surface area contributed by atoms with Crippen LogP contribution in [0.1, 0.15) is 23.1 Å². The number of aryl methyl sites for hydroxylation is 1. The van der Waals surface area contributed by atoms with Crippen molar-refractivity contribution in [1.29, 1.82) is 0 Å². The minimum Gasteiger partial charge on any atom is -0.508 e. The van der Waals surface area contributed by atoms with E-state index in [-0.39, 0.29) is 35.9 Å². The highest BCUT2D eigenvalue weighted by Gasteiger charge is 2.14. The summed E-state index contributed by atoms with van der Waals surface area (Å²) in [5, 5.41) is 18.0. The van der Waals surface area contributed by atoms with Crippen molar-refractivity contribution in [2.45, 2.75) is 31.2 Å². The van der Waals surface area contributed by atoms with E-state index in [0.29, 0.717) is 27.7 Å². The molecule has 0 spiro atoms. The summed E-state index contributed by atoms with van der Waals surface area (Å²) in [5.41, 5.74) is 1.60. The number of nitrogens with two attached hydrogens (primary N) is 1. The van der Waals surface area contributed by atoms with Crippen molar-refractivity contribution in [3.63, 3.8) is 0 Å². The van der Waals surface area contributed by atoms with Gasteiger partial charge in [0, 0.05) is 30.0 Å². The van der Waals surface area contributed by atoms with Gasteiger partial charge >= 0.3 is 5.63 Å². The lowest BCUT2D eigenvalue weighted by Gasteiger charge is -2.09. The van der Waals surface area contributed by atoms with Gasteiger partial charge in [-0.05, 0) is 48.7 Å². The van der Waals surface area contributed by atoms with Gasteiger partial charge in [0.25, 0.3) is 0 Å². The van der Waals surface area contributed by atoms with Gasteiger partial charge in [0.05, 0.1) is 4.90 Å². The molecule has 3 rings (SSSR count). The molecular formula is C20H20N2O6S. The molecule has 4 N–H and O–H groups in total. The number of amides is 1. The summed E-state index contributed by atoms with van der Waals surface area (Å²) in [6.07, 6.45) is 0.297. The number of aromatic hydroxyl groups is 1. The van der Waals surface area contributed by atoms with Crippen LogP contribution in [-0.4, -0.2) is 19.4 Å². The van der Waals surface area contributed by atoms with E-state index in [1.807, 2.05) is 0 Å². The minimum atomic E-state index is -3.76. The molecule has 152 valence electrons. The number of nitrogens with one attached hydrogen (secondary N) is 1. The van der Waals surface area contributed by atoms with Crippen LogP contribution in [0.2, 0.25) is 0 Å². The molecule has 0 fully saturated rings. The molecule has 0 aliphatic heterocycles. The van der Waals surface area contributed by atoms with Crippen LogP contribution in [0.15, 0.2) is 56.6 Å². The molecular weight excluding hydrogens is 396 g/mol. The molecule has 0 atom stereocenters. The Morgan fingerprint density at radius 1 is 1.17 bits per heavy atom. The van der Waals surface area contributed by atoms with Crippen molar-refractivity contribution >= 4 is 26.9 Å². The first-order valence-corrected chi connectivity index (χ1v) is 10.3. The highest BCUT2D eigenvalue weighted by molar-refractivity contribution is 7.89. The van der Waals surface area contributed by atoms with Gasteiger partial charge in [-0.3, -0.25) is 4.79 Å². The van der Waals surface area contributed by atoms with E-state index in [4.69, 9.17) is 9.56 Å². The molecule has 29 heavy (non-hydrogen) atoms. The Kier molecular flexibility index (Phi) is 5.71. The van der Waals surface area contributed by atoms with Gasteiger partial charge in [-0.15, -0.1) is 0 Å². The Bertz CT molecular complexity index is 1230. The zero-order chi connectivity index (χ0) is 21.2. The molecule has 9 heteroatoms. The summed E-state index contributed by atoms with van der Waals surface area (Å²) in [4.78, 5) is 24.4. The number of primary sulfonamides is 1. The maximum absolute atomic E-state index is 12.2. The predicted octanol–water partition coefficient (Wildman–Crippen LogP) is 1.70. The summed E-state index contributed by atoms with van der Waals surface area (Å²) in [7, 11) is -3.76. The Morgan fingerprint density at radius 3 is 2.52 bits per heavy atom. The van der Waals surface area contributed by atoms with Crippen LogP contribution in [-0.2, 0) is 27.8 Å². The van der Waals surface area contributed by atoms with E-state index in [9.17, 15) is 23.1 Å². The monoisotopic (exact) mass is 416 g/mol. The minimum absolute atomic E-state index is 0.000556. The quantitative estimate of drug-likeness (QED) is 0.523. The lowest BCUT2D eigenvalue weighted by atomic mass is 10.0. The first kappa shape index (κ1) is 20.6. The van der Waals surface area contributed by atoms with Crippen LogP contribution in [0.5, 0.6) is 5.75 Å². The van der Waals surface area contributed by atoms with E-state index in [0.717, 1.165) is 0 Å². The topological polar surface area (TPSA) is 140 Å². The number of benzene rings is 2. The molecule has 0 saturated carbocycles. The highest BCUT2D eigenvalue weighted by Crippen LogP contribution is 2.23. The standard InChI is InChI=1S/C20H20N2O6S/c1-12-16-7-4-14(23)10-18(16)28-20(25)17(12)8-9-19(24)22-11-13-2-5-15(6-3-13)29(21,26)27/h2-7,10,23H,8-9,11H2,1H3,(H,22,24)(H2,21,26,27). The second kappa shape index (κ2) is 8.06. The fourth-order valence-electron chi connectivity index (χ4n) is 3.00. The van der Waals surface area contributed by atoms with Crippen LogP contribution in [0.25, 0.3) is 11.0 Å². The fourth-order valence-corrected chi connectivity index (χ4v) is 3.51. The molecule has 8 nitrogen and oxygen atoms in total. The van der Waals surface area contributed by atoms with Gasteiger partial charge in [0.1, 0.15) is 11.3 Å². The summed E-state index contributed by atoms with van der Waals surface area (Å²) >= 11 is 0. The second-order valence-electron chi connectivity index (χ2n) is 6.64. The van der Waals surface area contributed by atoms with Crippen molar-refractivity contribution in [3.8, 4) is 5.75 Å². The predicted molar refractivity (Wildman–Crippen MR) is 107 cm³/mol. The van der Waals surface area contributed by atoms with Crippen LogP contribution in [0.4, 0.5) is 0 Å². The number of phenols is 1. The lowest BCUT2D eigenvalue weighted by molar-refractivity contribution is -0.121. The number of hydrogen-bond acceptors (Lipinski definition) is 6. The van der Waals surface area contributed by atoms with Gasteiger partial charge in [-0.2, -0.15) is 0 Å². The van der Waals surface area contributed by atoms with Crippen LogP contribution in [0.3, 0.4) is 0 Å². The molecule has 0 aliphatic carbocycles. The van der Waals surface area contributed by atoms with E-state index >= 15 is 0 Å². The first-order valence-electron chi connectivity index (χ1n) is 8.79. The highest BCUT2D eigenvalue weighted by atomic mass is 32.2. The number of rotatable bonds is 6. The van der Waals surface area contributed by atoms with Crippen molar-refractivity contribution in [2.24, 2.45) is 5.14 Å². The Labute approximate surface area is 167 Å². The smallest absolute Gasteiger partial charge is 0.339 e. The molecule has 0 bridgehead atoms. The SMILES string of the molecule is Cc1c(CCC(=O)NCc2ccc(S(N)(=O)=O)cc2)c(=O)oc2cc(O)ccc12. The summed E-state index contributed by atoms with van der Waals surface area (Å²) in [6.45, 7) is 1.99. The number of carbonyl (C=O) groups excluding carboxylic acids is 1. The zero-order valence-electron chi connectivity index (χ0n) is 15.6. The van der Waals surface area contributed by atoms with Gasteiger partial charge in [-0.1, -0.05) is 12.1 Å². The molecule has 0 radical (unpaired) electrons. The summed E-state index contributed by atoms with van der Waals surface area (Å²) in [6, 6.07) is 10.4. The third-order valence-electron chi connectivity index (χ3n) is 4.61. The molecule has 0 aliphatic rings. The van der Waals surface area contributed by atoms with Gasteiger partial charge in [-0.25, -0.2) is 18.4 Å². The van der Waals surface area contributed by atoms with E-state index in [1.165, 1.54) is 24.3 Å². The van der Waals surface area contributed by atoms with E-state index in [1.54, 1.807) is 25.1 Å². The van der Waals surface area contributed by atoms with Crippen molar-refractivity contribution in [1.82, 2.24) is 5.32 Å². The number of phenolic OH excluding ortho intramolecular Hbond substituents is 1. The third-order valence-corrected chi connectivity index (χ3v) is 5.54. The van der Waals surface area contributed by atoms with Gasteiger partial charge < -0.3 is 14.8 Å². The molecule has 0 saturated heterocycles. The van der Waals surface area contributed by atoms with Crippen LogP contribution in [0, 0.1) is 6.92 Å². The average Bonchev–Trinajstić information content (AvgIpc) is 2.65. The maximum atomic E-state index is 12.2.